The molecule has 2 N–H and O–H groups in total. The van der Waals surface area contributed by atoms with Gasteiger partial charge >= 0.3 is 0 Å². The van der Waals surface area contributed by atoms with E-state index in [1.165, 1.54) is 0 Å². The van der Waals surface area contributed by atoms with Crippen LogP contribution in [-0.2, 0) is 0 Å². The van der Waals surface area contributed by atoms with Gasteiger partial charge in [0, 0.05) is 12.6 Å². The first kappa shape index (κ1) is 15.9. The third-order valence-corrected chi connectivity index (χ3v) is 3.12. The Kier molecular flexibility index (Phi) is 5.26. The molecule has 0 saturated heterocycles. The molecule has 0 bridgehead atoms. The highest BCUT2D eigenvalue weighted by molar-refractivity contribution is 6.32. The van der Waals surface area contributed by atoms with E-state index in [-0.39, 0.29) is 28.8 Å². The molecule has 6 heteroatoms. The molecule has 1 heterocycles. The van der Waals surface area contributed by atoms with Gasteiger partial charge in [-0.3, -0.25) is 4.79 Å². The molecule has 1 aromatic rings. The normalized spacial score (nSPS) is 13.2. The fourth-order valence-electron chi connectivity index (χ4n) is 1.67. The molecule has 1 unspecified atom stereocenters. The first-order chi connectivity index (χ1) is 8.75. The number of carbonyl (C=O) groups is 1. The van der Waals surface area contributed by atoms with Gasteiger partial charge in [0.1, 0.15) is 11.0 Å². The van der Waals surface area contributed by atoms with Gasteiger partial charge in [-0.1, -0.05) is 32.4 Å². The Hall–Kier alpha value is -1.20. The Morgan fingerprint density at radius 2 is 2.21 bits per heavy atom. The van der Waals surface area contributed by atoms with Crippen molar-refractivity contribution in [1.82, 2.24) is 10.3 Å². The van der Waals surface area contributed by atoms with Gasteiger partial charge in [-0.25, -0.2) is 9.37 Å². The number of rotatable bonds is 4. The highest BCUT2D eigenvalue weighted by Gasteiger charge is 2.27. The monoisotopic (exact) mass is 288 g/mol. The van der Waals surface area contributed by atoms with E-state index in [1.807, 2.05) is 20.8 Å². The first-order valence-corrected chi connectivity index (χ1v) is 6.36. The summed E-state index contributed by atoms with van der Waals surface area (Å²) in [5, 5.41) is 11.7. The van der Waals surface area contributed by atoms with Crippen LogP contribution < -0.4 is 5.32 Å². The number of aromatic nitrogens is 1. The Morgan fingerprint density at radius 3 is 2.74 bits per heavy atom. The third kappa shape index (κ3) is 4.44. The standard InChI is InChI=1S/C13H18ClFN2O2/c1-13(2,3)10(4-5-18)17-12(19)9-6-8(15)7-16-11(9)14/h6-7,10,18H,4-5H2,1-3H3,(H,17,19). The molecule has 0 aliphatic rings. The van der Waals surface area contributed by atoms with Crippen LogP contribution in [0.15, 0.2) is 12.3 Å². The zero-order chi connectivity index (χ0) is 14.6. The predicted octanol–water partition coefficient (Wildman–Crippen LogP) is 2.40. The zero-order valence-electron chi connectivity index (χ0n) is 11.2. The van der Waals surface area contributed by atoms with Crippen molar-refractivity contribution in [1.29, 1.82) is 0 Å². The van der Waals surface area contributed by atoms with Gasteiger partial charge in [-0.05, 0) is 17.9 Å². The molecule has 0 aliphatic heterocycles. The van der Waals surface area contributed by atoms with Gasteiger partial charge in [-0.15, -0.1) is 0 Å². The molecule has 19 heavy (non-hydrogen) atoms. The lowest BCUT2D eigenvalue weighted by Crippen LogP contribution is -2.44. The molecule has 106 valence electrons. The summed E-state index contributed by atoms with van der Waals surface area (Å²) in [4.78, 5) is 15.7. The molecule has 4 nitrogen and oxygen atoms in total. The van der Waals surface area contributed by atoms with Crippen molar-refractivity contribution >= 4 is 17.5 Å². The summed E-state index contributed by atoms with van der Waals surface area (Å²) in [6.07, 6.45) is 1.36. The van der Waals surface area contributed by atoms with Crippen LogP contribution >= 0.6 is 11.6 Å². The van der Waals surface area contributed by atoms with Crippen LogP contribution in [-0.4, -0.2) is 28.6 Å². The summed E-state index contributed by atoms with van der Waals surface area (Å²) in [5.74, 6) is -1.12. The van der Waals surface area contributed by atoms with Gasteiger partial charge < -0.3 is 10.4 Å². The van der Waals surface area contributed by atoms with Gasteiger partial charge in [0.15, 0.2) is 0 Å². The fourth-order valence-corrected chi connectivity index (χ4v) is 1.86. The Balaban J connectivity index is 2.91. The molecule has 0 spiro atoms. The summed E-state index contributed by atoms with van der Waals surface area (Å²) in [6, 6.07) is 0.799. The van der Waals surface area contributed by atoms with Crippen LogP contribution in [0, 0.1) is 11.2 Å². The van der Waals surface area contributed by atoms with Gasteiger partial charge in [0.05, 0.1) is 11.8 Å². The van der Waals surface area contributed by atoms with Crippen LogP contribution in [0.5, 0.6) is 0 Å². The first-order valence-electron chi connectivity index (χ1n) is 5.98. The van der Waals surface area contributed by atoms with Crippen molar-refractivity contribution in [2.24, 2.45) is 5.41 Å². The van der Waals surface area contributed by atoms with E-state index < -0.39 is 11.7 Å². The second kappa shape index (κ2) is 6.30. The number of aliphatic hydroxyl groups is 1. The summed E-state index contributed by atoms with van der Waals surface area (Å²) < 4.78 is 13.1. The summed E-state index contributed by atoms with van der Waals surface area (Å²) >= 11 is 5.78. The van der Waals surface area contributed by atoms with Crippen molar-refractivity contribution in [3.8, 4) is 0 Å². The molecule has 0 aliphatic carbocycles. The zero-order valence-corrected chi connectivity index (χ0v) is 12.0. The summed E-state index contributed by atoms with van der Waals surface area (Å²) in [7, 11) is 0. The lowest BCUT2D eigenvalue weighted by atomic mass is 9.85. The highest BCUT2D eigenvalue weighted by atomic mass is 35.5. The highest BCUT2D eigenvalue weighted by Crippen LogP contribution is 2.23. The molecule has 1 aromatic heterocycles. The quantitative estimate of drug-likeness (QED) is 0.836. The number of amides is 1. The topological polar surface area (TPSA) is 62.2 Å². The van der Waals surface area contributed by atoms with Gasteiger partial charge in [0.2, 0.25) is 0 Å². The summed E-state index contributed by atoms with van der Waals surface area (Å²) in [6.45, 7) is 5.79. The van der Waals surface area contributed by atoms with Crippen LogP contribution in [0.2, 0.25) is 5.15 Å². The Labute approximate surface area is 117 Å². The van der Waals surface area contributed by atoms with E-state index in [2.05, 4.69) is 10.3 Å². The molecule has 0 aromatic carbocycles. The summed E-state index contributed by atoms with van der Waals surface area (Å²) in [5.41, 5.74) is -0.236. The van der Waals surface area contributed by atoms with Crippen LogP contribution in [0.1, 0.15) is 37.6 Å². The molecule has 1 atom stereocenters. The van der Waals surface area contributed by atoms with Crippen molar-refractivity contribution < 1.29 is 14.3 Å². The van der Waals surface area contributed by atoms with Crippen LogP contribution in [0.3, 0.4) is 0 Å². The van der Waals surface area contributed by atoms with E-state index >= 15 is 0 Å². The van der Waals surface area contributed by atoms with E-state index in [1.54, 1.807) is 0 Å². The second-order valence-corrected chi connectivity index (χ2v) is 5.75. The average molecular weight is 289 g/mol. The Bertz CT molecular complexity index is 460. The minimum atomic E-state index is -0.621. The lowest BCUT2D eigenvalue weighted by molar-refractivity contribution is 0.0884. The SMILES string of the molecule is CC(C)(C)C(CCO)NC(=O)c1cc(F)cnc1Cl. The number of halogens is 2. The number of carbonyl (C=O) groups excluding carboxylic acids is 1. The molecular weight excluding hydrogens is 271 g/mol. The number of nitrogens with zero attached hydrogens (tertiary/aromatic N) is 1. The van der Waals surface area contributed by atoms with Gasteiger partial charge in [-0.2, -0.15) is 0 Å². The van der Waals surface area contributed by atoms with E-state index in [9.17, 15) is 9.18 Å². The minimum Gasteiger partial charge on any atom is -0.396 e. The van der Waals surface area contributed by atoms with Gasteiger partial charge in [0.25, 0.3) is 5.91 Å². The molecular formula is C13H18ClFN2O2. The van der Waals surface area contributed by atoms with Crippen molar-refractivity contribution in [3.05, 3.63) is 28.8 Å². The number of pyridine rings is 1. The van der Waals surface area contributed by atoms with E-state index in [0.29, 0.717) is 6.42 Å². The maximum atomic E-state index is 13.1. The molecule has 0 saturated carbocycles. The minimum absolute atomic E-state index is 0.00569. The predicted molar refractivity (Wildman–Crippen MR) is 71.6 cm³/mol. The molecule has 1 amide bonds. The van der Waals surface area contributed by atoms with E-state index in [4.69, 9.17) is 16.7 Å². The maximum absolute atomic E-state index is 13.1. The van der Waals surface area contributed by atoms with Crippen molar-refractivity contribution in [3.63, 3.8) is 0 Å². The molecule has 0 fully saturated rings. The van der Waals surface area contributed by atoms with Crippen molar-refractivity contribution in [2.75, 3.05) is 6.61 Å². The molecule has 0 radical (unpaired) electrons. The Morgan fingerprint density at radius 1 is 1.58 bits per heavy atom. The fraction of sp³-hybridized carbons (Fsp3) is 0.538. The maximum Gasteiger partial charge on any atom is 0.254 e. The van der Waals surface area contributed by atoms with Crippen molar-refractivity contribution in [2.45, 2.75) is 33.2 Å². The smallest absolute Gasteiger partial charge is 0.254 e. The second-order valence-electron chi connectivity index (χ2n) is 5.40. The number of hydrogen-bond donors (Lipinski definition) is 2. The number of nitrogens with one attached hydrogen (secondary N) is 1. The lowest BCUT2D eigenvalue weighted by Gasteiger charge is -2.31. The molecule has 1 rings (SSSR count). The van der Waals surface area contributed by atoms with Crippen LogP contribution in [0.25, 0.3) is 0 Å². The largest absolute Gasteiger partial charge is 0.396 e. The van der Waals surface area contributed by atoms with Crippen LogP contribution in [0.4, 0.5) is 4.39 Å². The van der Waals surface area contributed by atoms with E-state index in [0.717, 1.165) is 12.3 Å². The number of aliphatic hydroxyl groups excluding tert-OH is 1. The number of hydrogen-bond acceptors (Lipinski definition) is 3. The third-order valence-electron chi connectivity index (χ3n) is 2.82. The average Bonchev–Trinajstić information content (AvgIpc) is 2.30.